The minimum Gasteiger partial charge on any atom is -0.461 e. The number of rotatable bonds is 7. The van der Waals surface area contributed by atoms with Gasteiger partial charge < -0.3 is 20.0 Å². The molecule has 1 saturated heterocycles. The number of carbonyl (C=O) groups is 2. The fourth-order valence-electron chi connectivity index (χ4n) is 4.45. The van der Waals surface area contributed by atoms with Crippen LogP contribution < -0.4 is 16.0 Å². The van der Waals surface area contributed by atoms with Crippen molar-refractivity contribution in [1.29, 1.82) is 5.26 Å². The zero-order chi connectivity index (χ0) is 26.2. The van der Waals surface area contributed by atoms with E-state index in [1.165, 1.54) is 0 Å². The van der Waals surface area contributed by atoms with E-state index in [-0.39, 0.29) is 30.2 Å². The first-order valence-electron chi connectivity index (χ1n) is 12.5. The van der Waals surface area contributed by atoms with E-state index in [1.54, 1.807) is 4.90 Å². The van der Waals surface area contributed by atoms with Crippen LogP contribution in [-0.4, -0.2) is 48.3 Å². The van der Waals surface area contributed by atoms with Crippen LogP contribution in [-0.2, 0) is 9.59 Å². The summed E-state index contributed by atoms with van der Waals surface area (Å²) in [6.07, 6.45) is 4.01. The molecule has 2 heterocycles. The van der Waals surface area contributed by atoms with Gasteiger partial charge >= 0.3 is 0 Å². The quantitative estimate of drug-likeness (QED) is 0.196. The van der Waals surface area contributed by atoms with Gasteiger partial charge in [0.25, 0.3) is 0 Å². The molecule has 0 spiro atoms. The topological polar surface area (TPSA) is 123 Å². The maximum Gasteiger partial charge on any atom is 0.247 e. The van der Waals surface area contributed by atoms with E-state index in [2.05, 4.69) is 27.9 Å². The number of likely N-dealkylation sites (tertiary alicyclic amines) is 1. The average molecular weight is 501 g/mol. The van der Waals surface area contributed by atoms with Gasteiger partial charge in [0.15, 0.2) is 6.19 Å². The highest BCUT2D eigenvalue weighted by atomic mass is 16.3. The molecule has 1 unspecified atom stereocenters. The highest BCUT2D eigenvalue weighted by molar-refractivity contribution is 5.98. The molecule has 1 fully saturated rings. The van der Waals surface area contributed by atoms with Crippen molar-refractivity contribution in [2.24, 2.45) is 4.99 Å². The number of amides is 2. The van der Waals surface area contributed by atoms with Gasteiger partial charge in [-0.2, -0.15) is 5.26 Å². The molecule has 0 bridgehead atoms. The monoisotopic (exact) mass is 500 g/mol. The number of hydrogen-bond acceptors (Lipinski definition) is 5. The predicted molar refractivity (Wildman–Crippen MR) is 143 cm³/mol. The van der Waals surface area contributed by atoms with Crippen LogP contribution in [0.3, 0.4) is 0 Å². The Morgan fingerprint density at radius 2 is 2.03 bits per heavy atom. The van der Waals surface area contributed by atoms with E-state index in [1.807, 2.05) is 67.7 Å². The fourth-order valence-corrected chi connectivity index (χ4v) is 4.45. The molecule has 0 radical (unpaired) electrons. The average Bonchev–Trinajstić information content (AvgIpc) is 3.19. The SMILES string of the molecule is Cc1cc2cc(NC(=N[C@H]3CCCCN(CC(=O)NCC(C)c4ccccc4)C3=O)NC#N)ccc2o1. The third-order valence-corrected chi connectivity index (χ3v) is 6.42. The second kappa shape index (κ2) is 12.1. The Bertz CT molecular complexity index is 1310. The second-order valence-corrected chi connectivity index (χ2v) is 9.34. The molecule has 1 aliphatic rings. The van der Waals surface area contributed by atoms with E-state index in [9.17, 15) is 14.9 Å². The fraction of sp³-hybridized carbons (Fsp3) is 0.357. The molecule has 2 atom stereocenters. The number of furan rings is 1. The van der Waals surface area contributed by atoms with Gasteiger partial charge in [-0.15, -0.1) is 0 Å². The summed E-state index contributed by atoms with van der Waals surface area (Å²) < 4.78 is 5.61. The Hall–Kier alpha value is -4.32. The van der Waals surface area contributed by atoms with Crippen molar-refractivity contribution in [2.45, 2.75) is 45.1 Å². The zero-order valence-corrected chi connectivity index (χ0v) is 21.2. The number of anilines is 1. The third kappa shape index (κ3) is 6.88. The molecule has 0 aliphatic carbocycles. The van der Waals surface area contributed by atoms with Crippen molar-refractivity contribution in [3.8, 4) is 6.19 Å². The smallest absolute Gasteiger partial charge is 0.247 e. The molecular weight excluding hydrogens is 468 g/mol. The van der Waals surface area contributed by atoms with Gasteiger partial charge in [0.05, 0.1) is 6.54 Å². The number of carbonyl (C=O) groups excluding carboxylic acids is 2. The lowest BCUT2D eigenvalue weighted by Crippen LogP contribution is -2.45. The first-order chi connectivity index (χ1) is 17.9. The Morgan fingerprint density at radius 1 is 1.22 bits per heavy atom. The van der Waals surface area contributed by atoms with Gasteiger partial charge in [0.1, 0.15) is 17.4 Å². The van der Waals surface area contributed by atoms with Crippen LogP contribution in [0, 0.1) is 18.4 Å². The first-order valence-corrected chi connectivity index (χ1v) is 12.5. The Balaban J connectivity index is 1.40. The van der Waals surface area contributed by atoms with E-state index >= 15 is 0 Å². The van der Waals surface area contributed by atoms with Gasteiger partial charge in [0.2, 0.25) is 17.8 Å². The summed E-state index contributed by atoms with van der Waals surface area (Å²) in [5.74, 6) is 0.738. The van der Waals surface area contributed by atoms with Crippen molar-refractivity contribution >= 4 is 34.4 Å². The van der Waals surface area contributed by atoms with Crippen LogP contribution in [0.25, 0.3) is 11.0 Å². The highest BCUT2D eigenvalue weighted by Crippen LogP contribution is 2.23. The van der Waals surface area contributed by atoms with Crippen molar-refractivity contribution in [2.75, 3.05) is 25.0 Å². The summed E-state index contributed by atoms with van der Waals surface area (Å²) in [5, 5.41) is 18.8. The first kappa shape index (κ1) is 25.8. The number of hydrogen-bond donors (Lipinski definition) is 3. The molecule has 3 aromatic rings. The number of nitrogens with one attached hydrogen (secondary N) is 3. The van der Waals surface area contributed by atoms with Crippen molar-refractivity contribution in [3.63, 3.8) is 0 Å². The molecule has 192 valence electrons. The minimum atomic E-state index is -0.693. The van der Waals surface area contributed by atoms with Gasteiger partial charge in [-0.1, -0.05) is 37.3 Å². The van der Waals surface area contributed by atoms with E-state index in [4.69, 9.17) is 4.42 Å². The Labute approximate surface area is 216 Å². The number of nitrogens with zero attached hydrogens (tertiary/aromatic N) is 3. The summed E-state index contributed by atoms with van der Waals surface area (Å²) >= 11 is 0. The molecule has 37 heavy (non-hydrogen) atoms. The van der Waals surface area contributed by atoms with Crippen LogP contribution in [0.2, 0.25) is 0 Å². The lowest BCUT2D eigenvalue weighted by atomic mass is 10.0. The van der Waals surface area contributed by atoms with Gasteiger partial charge in [-0.25, -0.2) is 4.99 Å². The maximum atomic E-state index is 13.3. The molecule has 3 N–H and O–H groups in total. The number of aliphatic imine (C=N–C) groups is 1. The Kier molecular flexibility index (Phi) is 8.41. The lowest BCUT2D eigenvalue weighted by Gasteiger charge is -2.23. The third-order valence-electron chi connectivity index (χ3n) is 6.42. The standard InChI is InChI=1S/C28H32N6O3/c1-19(21-8-4-3-5-9-21)16-30-26(35)17-34-13-7-6-10-24(27(34)36)33-28(31-18-29)32-23-11-12-25-22(15-23)14-20(2)37-25/h3-5,8-9,11-12,14-15,19,24H,6-7,10,13,16-17H2,1-2H3,(H,30,35)(H2,31,32,33)/t19?,24-/m0/s1. The number of benzene rings is 2. The second-order valence-electron chi connectivity index (χ2n) is 9.34. The van der Waals surface area contributed by atoms with Crippen LogP contribution in [0.5, 0.6) is 0 Å². The van der Waals surface area contributed by atoms with Crippen LogP contribution in [0.4, 0.5) is 5.69 Å². The van der Waals surface area contributed by atoms with Crippen molar-refractivity contribution in [3.05, 3.63) is 65.9 Å². The molecule has 9 nitrogen and oxygen atoms in total. The molecular formula is C28H32N6O3. The summed E-state index contributed by atoms with van der Waals surface area (Å²) in [5.41, 5.74) is 2.62. The normalized spacial score (nSPS) is 17.1. The molecule has 0 saturated carbocycles. The molecule has 1 aromatic heterocycles. The van der Waals surface area contributed by atoms with Gasteiger partial charge in [0, 0.05) is 24.2 Å². The van der Waals surface area contributed by atoms with Crippen LogP contribution in [0.1, 0.15) is 43.4 Å². The van der Waals surface area contributed by atoms with E-state index < -0.39 is 6.04 Å². The van der Waals surface area contributed by atoms with E-state index in [0.717, 1.165) is 35.1 Å². The largest absolute Gasteiger partial charge is 0.461 e. The number of nitriles is 1. The minimum absolute atomic E-state index is 0.0166. The lowest BCUT2D eigenvalue weighted by molar-refractivity contribution is -0.136. The maximum absolute atomic E-state index is 13.3. The van der Waals surface area contributed by atoms with Crippen LogP contribution >= 0.6 is 0 Å². The summed E-state index contributed by atoms with van der Waals surface area (Å²) in [7, 11) is 0. The molecule has 1 aliphatic heterocycles. The van der Waals surface area contributed by atoms with Crippen molar-refractivity contribution in [1.82, 2.24) is 15.5 Å². The number of fused-ring (bicyclic) bond motifs is 1. The highest BCUT2D eigenvalue weighted by Gasteiger charge is 2.28. The summed E-state index contributed by atoms with van der Waals surface area (Å²) in [6.45, 7) is 4.91. The summed E-state index contributed by atoms with van der Waals surface area (Å²) in [6, 6.07) is 16.8. The van der Waals surface area contributed by atoms with Crippen LogP contribution in [0.15, 0.2) is 64.0 Å². The number of guanidine groups is 1. The number of aryl methyl sites for hydroxylation is 1. The predicted octanol–water partition coefficient (Wildman–Crippen LogP) is 3.88. The summed E-state index contributed by atoms with van der Waals surface area (Å²) in [4.78, 5) is 32.1. The molecule has 4 rings (SSSR count). The zero-order valence-electron chi connectivity index (χ0n) is 21.2. The van der Waals surface area contributed by atoms with E-state index in [0.29, 0.717) is 25.2 Å². The molecule has 2 amide bonds. The molecule has 2 aromatic carbocycles. The Morgan fingerprint density at radius 3 is 2.81 bits per heavy atom. The van der Waals surface area contributed by atoms with Gasteiger partial charge in [-0.05, 0) is 61.9 Å². The molecule has 9 heteroatoms. The van der Waals surface area contributed by atoms with Gasteiger partial charge in [-0.3, -0.25) is 14.9 Å². The van der Waals surface area contributed by atoms with Crippen molar-refractivity contribution < 1.29 is 14.0 Å².